The number of rotatable bonds is 6. The van der Waals surface area contributed by atoms with Gasteiger partial charge in [-0.3, -0.25) is 19.7 Å². The molecular weight excluding hydrogens is 213 g/mol. The van der Waals surface area contributed by atoms with E-state index in [2.05, 4.69) is 5.32 Å². The Labute approximate surface area is 82.7 Å². The summed E-state index contributed by atoms with van der Waals surface area (Å²) in [4.78, 5) is 30.4. The van der Waals surface area contributed by atoms with E-state index in [1.165, 1.54) is 0 Å². The summed E-state index contributed by atoms with van der Waals surface area (Å²) in [6.45, 7) is -0.579. The molecule has 0 bridgehead atoms. The number of carboxylic acids is 3. The van der Waals surface area contributed by atoms with Gasteiger partial charge in [-0.1, -0.05) is 0 Å². The molecule has 4 N–H and O–H groups in total. The molecule has 82 valence electrons. The van der Waals surface area contributed by atoms with Gasteiger partial charge < -0.3 is 15.3 Å². The van der Waals surface area contributed by atoms with Crippen molar-refractivity contribution in [2.75, 3.05) is 6.54 Å². The van der Waals surface area contributed by atoms with Crippen LogP contribution in [0.3, 0.4) is 0 Å². The van der Waals surface area contributed by atoms with Crippen molar-refractivity contribution in [2.24, 2.45) is 0 Å². The molecule has 7 nitrogen and oxygen atoms in total. The van der Waals surface area contributed by atoms with E-state index in [0.29, 0.717) is 0 Å². The van der Waals surface area contributed by atoms with Crippen LogP contribution in [0.25, 0.3) is 0 Å². The van der Waals surface area contributed by atoms with E-state index in [1.807, 2.05) is 0 Å². The first-order valence-corrected chi connectivity index (χ1v) is 3.33. The summed E-state index contributed by atoms with van der Waals surface area (Å²) < 4.78 is 0. The molecule has 8 heteroatoms. The molecule has 0 rings (SSSR count). The maximum absolute atomic E-state index is 10.3. The normalized spacial score (nSPS) is 11.1. The Bertz CT molecular complexity index is 230. The zero-order valence-corrected chi connectivity index (χ0v) is 8.68. The zero-order chi connectivity index (χ0) is 10.4. The lowest BCUT2D eigenvalue weighted by Crippen LogP contribution is -2.41. The average molecular weight is 225 g/mol. The van der Waals surface area contributed by atoms with Crippen molar-refractivity contribution < 1.29 is 29.7 Å². The predicted octanol–water partition coefficient (Wildman–Crippen LogP) is -1.35. The average Bonchev–Trinajstić information content (AvgIpc) is 1.96. The largest absolute Gasteiger partial charge is 0.481 e. The van der Waals surface area contributed by atoms with Crippen LogP contribution < -0.4 is 5.32 Å². The standard InChI is InChI=1S/C6H9NO6.H3P/c8-4(9)1-3(6(12)13)7-2-5(10)11;/h3,7H,1-2H2,(H,8,9)(H,10,11)(H,12,13);1H3. The van der Waals surface area contributed by atoms with Crippen LogP contribution >= 0.6 is 9.90 Å². The number of carboxylic acid groups (broad SMARTS) is 3. The molecule has 0 fully saturated rings. The molecule has 0 radical (unpaired) electrons. The lowest BCUT2D eigenvalue weighted by Gasteiger charge is -2.09. The quantitative estimate of drug-likeness (QED) is 0.412. The van der Waals surface area contributed by atoms with Gasteiger partial charge in [0.05, 0.1) is 13.0 Å². The van der Waals surface area contributed by atoms with E-state index in [-0.39, 0.29) is 9.90 Å². The Balaban J connectivity index is 0. The van der Waals surface area contributed by atoms with Crippen LogP contribution in [0.5, 0.6) is 0 Å². The van der Waals surface area contributed by atoms with Crippen LogP contribution in [0.15, 0.2) is 0 Å². The van der Waals surface area contributed by atoms with Gasteiger partial charge in [-0.15, -0.1) is 0 Å². The Morgan fingerprint density at radius 2 is 1.57 bits per heavy atom. The monoisotopic (exact) mass is 225 g/mol. The number of nitrogens with one attached hydrogen (secondary N) is 1. The minimum atomic E-state index is -1.39. The van der Waals surface area contributed by atoms with E-state index in [9.17, 15) is 14.4 Å². The summed E-state index contributed by atoms with van der Waals surface area (Å²) in [6.07, 6.45) is -0.650. The maximum Gasteiger partial charge on any atom is 0.321 e. The Morgan fingerprint density at radius 3 is 1.86 bits per heavy atom. The zero-order valence-electron chi connectivity index (χ0n) is 7.27. The predicted molar refractivity (Wildman–Crippen MR) is 50.4 cm³/mol. The van der Waals surface area contributed by atoms with Crippen LogP contribution in [0, 0.1) is 0 Å². The smallest absolute Gasteiger partial charge is 0.321 e. The van der Waals surface area contributed by atoms with Gasteiger partial charge in [0.15, 0.2) is 0 Å². The first-order chi connectivity index (χ1) is 5.93. The van der Waals surface area contributed by atoms with Crippen molar-refractivity contribution in [3.05, 3.63) is 0 Å². The summed E-state index contributed by atoms with van der Waals surface area (Å²) in [6, 6.07) is -1.37. The third-order valence-corrected chi connectivity index (χ3v) is 1.18. The Kier molecular flexibility index (Phi) is 7.89. The highest BCUT2D eigenvalue weighted by atomic mass is 31.0. The van der Waals surface area contributed by atoms with Crippen LogP contribution in [0.4, 0.5) is 0 Å². The number of hydrogen-bond donors (Lipinski definition) is 4. The van der Waals surface area contributed by atoms with Crippen molar-refractivity contribution >= 4 is 27.8 Å². The summed E-state index contributed by atoms with van der Waals surface area (Å²) in [7, 11) is 0. The van der Waals surface area contributed by atoms with Crippen LogP contribution in [-0.4, -0.2) is 45.8 Å². The molecule has 0 aromatic heterocycles. The summed E-state index contributed by atoms with van der Waals surface area (Å²) >= 11 is 0. The molecule has 0 saturated heterocycles. The van der Waals surface area contributed by atoms with Gasteiger partial charge in [0, 0.05) is 0 Å². The van der Waals surface area contributed by atoms with Gasteiger partial charge >= 0.3 is 17.9 Å². The molecule has 14 heavy (non-hydrogen) atoms. The second-order valence-corrected chi connectivity index (χ2v) is 2.26. The van der Waals surface area contributed by atoms with Gasteiger partial charge in [0.2, 0.25) is 0 Å². The van der Waals surface area contributed by atoms with Crippen molar-refractivity contribution in [3.63, 3.8) is 0 Å². The molecule has 0 spiro atoms. The molecule has 2 unspecified atom stereocenters. The molecule has 0 aromatic carbocycles. The Hall–Kier alpha value is -1.20. The van der Waals surface area contributed by atoms with Crippen LogP contribution in [0.1, 0.15) is 6.42 Å². The van der Waals surface area contributed by atoms with Crippen LogP contribution in [-0.2, 0) is 14.4 Å². The van der Waals surface area contributed by atoms with Gasteiger partial charge in [0.25, 0.3) is 0 Å². The lowest BCUT2D eigenvalue weighted by molar-refractivity contribution is -0.146. The van der Waals surface area contributed by atoms with Gasteiger partial charge in [0.1, 0.15) is 6.04 Å². The van der Waals surface area contributed by atoms with Crippen molar-refractivity contribution in [3.8, 4) is 0 Å². The molecule has 2 atom stereocenters. The maximum atomic E-state index is 10.3. The van der Waals surface area contributed by atoms with E-state index >= 15 is 0 Å². The first kappa shape index (κ1) is 15.3. The van der Waals surface area contributed by atoms with Crippen LogP contribution in [0.2, 0.25) is 0 Å². The fourth-order valence-electron chi connectivity index (χ4n) is 0.632. The fourth-order valence-corrected chi connectivity index (χ4v) is 0.632. The van der Waals surface area contributed by atoms with E-state index < -0.39 is 36.9 Å². The van der Waals surface area contributed by atoms with Gasteiger partial charge in [-0.25, -0.2) is 0 Å². The number of aliphatic carboxylic acids is 3. The lowest BCUT2D eigenvalue weighted by atomic mass is 10.2. The highest BCUT2D eigenvalue weighted by Crippen LogP contribution is 1.91. The van der Waals surface area contributed by atoms with E-state index in [1.54, 1.807) is 0 Å². The van der Waals surface area contributed by atoms with Crippen molar-refractivity contribution in [1.82, 2.24) is 5.32 Å². The molecule has 0 aromatic rings. The molecule has 0 aliphatic heterocycles. The third kappa shape index (κ3) is 7.45. The molecule has 0 amide bonds. The van der Waals surface area contributed by atoms with Crippen molar-refractivity contribution in [2.45, 2.75) is 12.5 Å². The topological polar surface area (TPSA) is 124 Å². The number of hydrogen-bond acceptors (Lipinski definition) is 4. The second-order valence-electron chi connectivity index (χ2n) is 2.26. The second kappa shape index (κ2) is 7.23. The number of carbonyl (C=O) groups is 3. The van der Waals surface area contributed by atoms with E-state index in [0.717, 1.165) is 0 Å². The fraction of sp³-hybridized carbons (Fsp3) is 0.500. The molecule has 0 heterocycles. The van der Waals surface area contributed by atoms with E-state index in [4.69, 9.17) is 15.3 Å². The highest BCUT2D eigenvalue weighted by Gasteiger charge is 2.20. The molecule has 0 aliphatic carbocycles. The minimum absolute atomic E-state index is 0. The summed E-state index contributed by atoms with van der Waals surface area (Å²) in [5, 5.41) is 26.9. The summed E-state index contributed by atoms with van der Waals surface area (Å²) in [5.74, 6) is -3.93. The third-order valence-electron chi connectivity index (χ3n) is 1.18. The van der Waals surface area contributed by atoms with Crippen molar-refractivity contribution in [1.29, 1.82) is 0 Å². The molecule has 0 aliphatic rings. The first-order valence-electron chi connectivity index (χ1n) is 3.33. The minimum Gasteiger partial charge on any atom is -0.481 e. The summed E-state index contributed by atoms with van der Waals surface area (Å²) in [5.41, 5.74) is 0. The Morgan fingerprint density at radius 1 is 1.07 bits per heavy atom. The highest BCUT2D eigenvalue weighted by molar-refractivity contribution is 6.92. The van der Waals surface area contributed by atoms with Gasteiger partial charge in [-0.05, 0) is 0 Å². The molecular formula is C6H12NO6P. The SMILES string of the molecule is O=C(O)CNC(CC(=O)O)C(=O)O.P. The van der Waals surface area contributed by atoms with Gasteiger partial charge in [-0.2, -0.15) is 9.90 Å². The molecule has 0 saturated carbocycles.